The molecule has 0 fully saturated rings. The first-order chi connectivity index (χ1) is 8.47. The predicted octanol–water partition coefficient (Wildman–Crippen LogP) is 0.274. The Morgan fingerprint density at radius 1 is 1.39 bits per heavy atom. The van der Waals surface area contributed by atoms with Gasteiger partial charge in [0.2, 0.25) is 5.91 Å². The quantitative estimate of drug-likeness (QED) is 0.563. The van der Waals surface area contributed by atoms with Crippen LogP contribution < -0.4 is 10.6 Å². The van der Waals surface area contributed by atoms with E-state index in [4.69, 9.17) is 4.74 Å². The van der Waals surface area contributed by atoms with E-state index in [1.54, 1.807) is 13.4 Å². The molecule has 0 aliphatic heterocycles. The van der Waals surface area contributed by atoms with Crippen LogP contribution in [0.15, 0.2) is 0 Å². The molecule has 0 bridgehead atoms. The van der Waals surface area contributed by atoms with E-state index in [-0.39, 0.29) is 18.0 Å². The van der Waals surface area contributed by atoms with Gasteiger partial charge in [-0.25, -0.2) is 0 Å². The number of carbonyl (C=O) groups is 1. The van der Waals surface area contributed by atoms with Gasteiger partial charge in [0, 0.05) is 49.1 Å². The van der Waals surface area contributed by atoms with Gasteiger partial charge in [-0.2, -0.15) is 0 Å². The second kappa shape index (κ2) is 10.5. The van der Waals surface area contributed by atoms with E-state index >= 15 is 0 Å². The summed E-state index contributed by atoms with van der Waals surface area (Å²) in [5.41, 5.74) is 0. The lowest BCUT2D eigenvalue weighted by molar-refractivity contribution is -0.122. The molecule has 0 saturated carbocycles. The number of methoxy groups -OCH3 is 1. The van der Waals surface area contributed by atoms with Gasteiger partial charge in [-0.05, 0) is 26.7 Å². The first kappa shape index (κ1) is 17.5. The van der Waals surface area contributed by atoms with Crippen LogP contribution in [0.2, 0.25) is 0 Å². The van der Waals surface area contributed by atoms with Gasteiger partial charge in [-0.15, -0.1) is 0 Å². The van der Waals surface area contributed by atoms with Crippen molar-refractivity contribution in [2.45, 2.75) is 38.8 Å². The number of rotatable bonds is 10. The Bertz CT molecular complexity index is 262. The third-order valence-electron chi connectivity index (χ3n) is 2.59. The van der Waals surface area contributed by atoms with Gasteiger partial charge >= 0.3 is 0 Å². The largest absolute Gasteiger partial charge is 0.385 e. The van der Waals surface area contributed by atoms with Crippen molar-refractivity contribution in [3.63, 3.8) is 0 Å². The zero-order valence-electron chi connectivity index (χ0n) is 11.8. The molecule has 3 atom stereocenters. The molecule has 0 radical (unpaired) electrons. The fraction of sp³-hybridized carbons (Fsp3) is 0.917. The van der Waals surface area contributed by atoms with E-state index in [1.165, 1.54) is 0 Å². The Morgan fingerprint density at radius 3 is 2.61 bits per heavy atom. The topological polar surface area (TPSA) is 67.4 Å². The monoisotopic (exact) mass is 278 g/mol. The van der Waals surface area contributed by atoms with Crippen LogP contribution in [0.1, 0.15) is 26.7 Å². The van der Waals surface area contributed by atoms with E-state index in [0.717, 1.165) is 12.8 Å². The molecular formula is C12H26N2O3S. The average molecular weight is 278 g/mol. The van der Waals surface area contributed by atoms with Crippen molar-refractivity contribution >= 4 is 16.7 Å². The minimum absolute atomic E-state index is 0.00410. The maximum absolute atomic E-state index is 11.7. The van der Waals surface area contributed by atoms with Crippen molar-refractivity contribution in [3.8, 4) is 0 Å². The highest BCUT2D eigenvalue weighted by Gasteiger charge is 2.14. The van der Waals surface area contributed by atoms with Crippen molar-refractivity contribution in [2.75, 3.05) is 32.3 Å². The summed E-state index contributed by atoms with van der Waals surface area (Å²) in [6, 6.07) is -0.0403. The fourth-order valence-electron chi connectivity index (χ4n) is 1.51. The molecule has 1 amide bonds. The summed E-state index contributed by atoms with van der Waals surface area (Å²) in [6.45, 7) is 5.12. The lowest BCUT2D eigenvalue weighted by Gasteiger charge is -2.19. The molecule has 0 saturated heterocycles. The average Bonchev–Trinajstić information content (AvgIpc) is 2.31. The van der Waals surface area contributed by atoms with Crippen molar-refractivity contribution in [1.82, 2.24) is 10.6 Å². The maximum Gasteiger partial charge on any atom is 0.236 e. The second-order valence-electron chi connectivity index (χ2n) is 4.49. The van der Waals surface area contributed by atoms with Crippen LogP contribution in [0.4, 0.5) is 0 Å². The van der Waals surface area contributed by atoms with E-state index in [0.29, 0.717) is 18.9 Å². The van der Waals surface area contributed by atoms with Gasteiger partial charge in [0.1, 0.15) is 0 Å². The minimum Gasteiger partial charge on any atom is -0.385 e. The molecule has 18 heavy (non-hydrogen) atoms. The number of ether oxygens (including phenoxy) is 1. The lowest BCUT2D eigenvalue weighted by Crippen LogP contribution is -2.46. The van der Waals surface area contributed by atoms with Crippen LogP contribution in [0.25, 0.3) is 0 Å². The molecule has 0 aromatic heterocycles. The second-order valence-corrected chi connectivity index (χ2v) is 6.05. The molecule has 6 heteroatoms. The lowest BCUT2D eigenvalue weighted by atomic mass is 10.2. The number of carbonyl (C=O) groups excluding carboxylic acids is 1. The van der Waals surface area contributed by atoms with Gasteiger partial charge < -0.3 is 15.4 Å². The van der Waals surface area contributed by atoms with E-state index in [9.17, 15) is 9.00 Å². The maximum atomic E-state index is 11.7. The predicted molar refractivity (Wildman–Crippen MR) is 75.1 cm³/mol. The molecule has 5 nitrogen and oxygen atoms in total. The van der Waals surface area contributed by atoms with Gasteiger partial charge in [-0.3, -0.25) is 9.00 Å². The highest BCUT2D eigenvalue weighted by Crippen LogP contribution is 1.95. The van der Waals surface area contributed by atoms with Crippen LogP contribution in [-0.4, -0.2) is 54.5 Å². The summed E-state index contributed by atoms with van der Waals surface area (Å²) in [7, 11) is 0.871. The highest BCUT2D eigenvalue weighted by atomic mass is 32.2. The summed E-state index contributed by atoms with van der Waals surface area (Å²) < 4.78 is 15.9. The summed E-state index contributed by atoms with van der Waals surface area (Å²) in [5, 5.41) is 6.04. The van der Waals surface area contributed by atoms with E-state index in [2.05, 4.69) is 10.6 Å². The number of amides is 1. The van der Waals surface area contributed by atoms with Crippen molar-refractivity contribution in [3.05, 3.63) is 0 Å². The molecule has 0 heterocycles. The first-order valence-corrected chi connectivity index (χ1v) is 8.02. The first-order valence-electron chi connectivity index (χ1n) is 6.30. The molecule has 0 aromatic rings. The zero-order chi connectivity index (χ0) is 14.0. The van der Waals surface area contributed by atoms with Gasteiger partial charge in [0.05, 0.1) is 6.04 Å². The molecule has 0 aliphatic rings. The Kier molecular flexibility index (Phi) is 10.2. The van der Waals surface area contributed by atoms with Crippen LogP contribution in [0.3, 0.4) is 0 Å². The molecular weight excluding hydrogens is 252 g/mol. The number of hydrogen-bond donors (Lipinski definition) is 2. The fourth-order valence-corrected chi connectivity index (χ4v) is 2.20. The number of nitrogens with one attached hydrogen (secondary N) is 2. The SMILES string of the molecule is COCCCNC(=O)C(C)NC(C)CCS(C)=O. The van der Waals surface area contributed by atoms with Crippen molar-refractivity contribution in [1.29, 1.82) is 0 Å². The summed E-state index contributed by atoms with van der Waals surface area (Å²) in [4.78, 5) is 11.7. The van der Waals surface area contributed by atoms with Crippen molar-refractivity contribution < 1.29 is 13.7 Å². The molecule has 2 N–H and O–H groups in total. The Morgan fingerprint density at radius 2 is 2.06 bits per heavy atom. The third kappa shape index (κ3) is 9.56. The standard InChI is InChI=1S/C12H26N2O3S/c1-10(6-9-18(4)16)14-11(2)12(15)13-7-5-8-17-3/h10-11,14H,5-9H2,1-4H3,(H,13,15). The summed E-state index contributed by atoms with van der Waals surface area (Å²) in [5.74, 6) is 0.659. The number of hydrogen-bond acceptors (Lipinski definition) is 4. The molecule has 0 spiro atoms. The molecule has 0 rings (SSSR count). The van der Waals surface area contributed by atoms with Crippen LogP contribution in [0, 0.1) is 0 Å². The highest BCUT2D eigenvalue weighted by molar-refractivity contribution is 7.84. The Hall–Kier alpha value is -0.460. The van der Waals surface area contributed by atoms with Gasteiger partial charge in [0.25, 0.3) is 0 Å². The normalized spacial score (nSPS) is 16.0. The molecule has 0 aliphatic carbocycles. The third-order valence-corrected chi connectivity index (χ3v) is 3.40. The van der Waals surface area contributed by atoms with Crippen molar-refractivity contribution in [2.24, 2.45) is 0 Å². The summed E-state index contributed by atoms with van der Waals surface area (Å²) >= 11 is 0. The molecule has 108 valence electrons. The van der Waals surface area contributed by atoms with Crippen LogP contribution >= 0.6 is 0 Å². The minimum atomic E-state index is -0.773. The molecule has 0 aromatic carbocycles. The summed E-state index contributed by atoms with van der Waals surface area (Å²) in [6.07, 6.45) is 3.32. The van der Waals surface area contributed by atoms with Gasteiger partial charge in [0.15, 0.2) is 0 Å². The van der Waals surface area contributed by atoms with E-state index < -0.39 is 10.8 Å². The Balaban J connectivity index is 3.74. The van der Waals surface area contributed by atoms with Crippen LogP contribution in [-0.2, 0) is 20.3 Å². The van der Waals surface area contributed by atoms with Crippen LogP contribution in [0.5, 0.6) is 0 Å². The zero-order valence-corrected chi connectivity index (χ0v) is 12.6. The Labute approximate surface area is 113 Å². The van der Waals surface area contributed by atoms with Gasteiger partial charge in [-0.1, -0.05) is 0 Å². The van der Waals surface area contributed by atoms with E-state index in [1.807, 2.05) is 13.8 Å². The molecule has 3 unspecified atom stereocenters. The smallest absolute Gasteiger partial charge is 0.236 e.